The summed E-state index contributed by atoms with van der Waals surface area (Å²) in [6.45, 7) is 0. The molecule has 8 heteroatoms. The second kappa shape index (κ2) is 7.70. The van der Waals surface area contributed by atoms with Crippen molar-refractivity contribution in [3.8, 4) is 11.3 Å². The third-order valence-corrected chi connectivity index (χ3v) is 5.50. The predicted octanol–water partition coefficient (Wildman–Crippen LogP) is 4.18. The number of anilines is 1. The lowest BCUT2D eigenvalue weighted by atomic mass is 9.91. The Hall–Kier alpha value is -3.55. The molecule has 0 amide bonds. The molecule has 0 aliphatic heterocycles. The van der Waals surface area contributed by atoms with E-state index in [0.717, 1.165) is 36.9 Å². The molecule has 1 N–H and O–H groups in total. The summed E-state index contributed by atoms with van der Waals surface area (Å²) in [6, 6.07) is 12.0. The highest BCUT2D eigenvalue weighted by Gasteiger charge is 2.25. The van der Waals surface area contributed by atoms with Crippen LogP contribution in [-0.2, 0) is 0 Å². The summed E-state index contributed by atoms with van der Waals surface area (Å²) < 4.78 is 20.5. The molecule has 1 saturated carbocycles. The minimum absolute atomic E-state index is 0.0462. The highest BCUT2D eigenvalue weighted by atomic mass is 19.1. The monoisotopic (exact) mass is 405 g/mol. The molecule has 1 aliphatic rings. The zero-order valence-electron chi connectivity index (χ0n) is 16.2. The largest absolute Gasteiger partial charge is 0.423 e. The molecule has 152 valence electrons. The van der Waals surface area contributed by atoms with Crippen molar-refractivity contribution in [3.63, 3.8) is 0 Å². The van der Waals surface area contributed by atoms with Gasteiger partial charge in [-0.05, 0) is 56.0 Å². The molecular formula is C22H20FN5O2. The molecule has 0 bridgehead atoms. The molecule has 5 rings (SSSR count). The van der Waals surface area contributed by atoms with Crippen LogP contribution in [0.25, 0.3) is 22.4 Å². The smallest absolute Gasteiger partial charge is 0.295 e. The standard InChI is InChI=1S/C22H20FN5O2/c23-15-3-8-19-20(12-15)30-22(26-19)25-16-4-6-17(7-5-16)28-21(29)10-9-18(27-28)14-2-1-11-24-13-14/h1-3,8-13,16-17H,4-7H2,(H,25,26). The van der Waals surface area contributed by atoms with Gasteiger partial charge in [0.1, 0.15) is 11.3 Å². The molecule has 0 spiro atoms. The van der Waals surface area contributed by atoms with E-state index in [9.17, 15) is 9.18 Å². The van der Waals surface area contributed by atoms with Crippen LogP contribution in [0.2, 0.25) is 0 Å². The van der Waals surface area contributed by atoms with E-state index in [2.05, 4.69) is 20.4 Å². The molecule has 1 fully saturated rings. The lowest BCUT2D eigenvalue weighted by molar-refractivity contribution is 0.302. The van der Waals surface area contributed by atoms with Gasteiger partial charge in [0.15, 0.2) is 5.58 Å². The van der Waals surface area contributed by atoms with Gasteiger partial charge in [-0.15, -0.1) is 0 Å². The van der Waals surface area contributed by atoms with Gasteiger partial charge in [-0.1, -0.05) is 0 Å². The van der Waals surface area contributed by atoms with Gasteiger partial charge < -0.3 is 9.73 Å². The Labute approximate surface area is 171 Å². The average Bonchev–Trinajstić information content (AvgIpc) is 3.17. The molecule has 30 heavy (non-hydrogen) atoms. The summed E-state index contributed by atoms with van der Waals surface area (Å²) in [4.78, 5) is 20.9. The number of nitrogens with zero attached hydrogens (tertiary/aromatic N) is 4. The quantitative estimate of drug-likeness (QED) is 0.548. The van der Waals surface area contributed by atoms with Crippen molar-refractivity contribution in [3.05, 3.63) is 71.0 Å². The molecule has 0 atom stereocenters. The SMILES string of the molecule is O=c1ccc(-c2cccnc2)nn1C1CCC(Nc2nc3ccc(F)cc3o2)CC1. The lowest BCUT2D eigenvalue weighted by Crippen LogP contribution is -2.33. The van der Waals surface area contributed by atoms with Gasteiger partial charge in [0.05, 0.1) is 11.7 Å². The third kappa shape index (κ3) is 3.68. The Kier molecular flexibility index (Phi) is 4.74. The first-order valence-electron chi connectivity index (χ1n) is 9.98. The van der Waals surface area contributed by atoms with E-state index in [1.165, 1.54) is 12.1 Å². The van der Waals surface area contributed by atoms with Crippen molar-refractivity contribution in [1.29, 1.82) is 0 Å². The molecule has 1 aliphatic carbocycles. The zero-order chi connectivity index (χ0) is 20.5. The van der Waals surface area contributed by atoms with Crippen LogP contribution in [0, 0.1) is 5.82 Å². The topological polar surface area (TPSA) is 85.8 Å². The molecule has 0 saturated heterocycles. The van der Waals surface area contributed by atoms with Crippen LogP contribution in [0.1, 0.15) is 31.7 Å². The van der Waals surface area contributed by atoms with Gasteiger partial charge >= 0.3 is 0 Å². The van der Waals surface area contributed by atoms with Gasteiger partial charge in [0, 0.05) is 36.1 Å². The van der Waals surface area contributed by atoms with Crippen LogP contribution in [0.4, 0.5) is 10.4 Å². The molecule has 7 nitrogen and oxygen atoms in total. The number of fused-ring (bicyclic) bond motifs is 1. The van der Waals surface area contributed by atoms with Crippen molar-refractivity contribution in [2.75, 3.05) is 5.32 Å². The first kappa shape index (κ1) is 18.5. The van der Waals surface area contributed by atoms with Crippen LogP contribution in [0.15, 0.2) is 64.1 Å². The molecule has 0 radical (unpaired) electrons. The number of aromatic nitrogens is 4. The number of benzene rings is 1. The molecule has 0 unspecified atom stereocenters. The lowest BCUT2D eigenvalue weighted by Gasteiger charge is -2.29. The summed E-state index contributed by atoms with van der Waals surface area (Å²) in [5.41, 5.74) is 2.57. The Balaban J connectivity index is 1.28. The summed E-state index contributed by atoms with van der Waals surface area (Å²) in [5, 5.41) is 7.89. The number of nitrogens with one attached hydrogen (secondary N) is 1. The van der Waals surface area contributed by atoms with Crippen molar-refractivity contribution in [2.24, 2.45) is 0 Å². The average molecular weight is 405 g/mol. The molecule has 3 heterocycles. The maximum atomic E-state index is 13.3. The van der Waals surface area contributed by atoms with E-state index in [-0.39, 0.29) is 23.5 Å². The van der Waals surface area contributed by atoms with Crippen LogP contribution >= 0.6 is 0 Å². The fourth-order valence-corrected chi connectivity index (χ4v) is 3.95. The van der Waals surface area contributed by atoms with Crippen molar-refractivity contribution < 1.29 is 8.81 Å². The second-order valence-corrected chi connectivity index (χ2v) is 7.52. The van der Waals surface area contributed by atoms with E-state index >= 15 is 0 Å². The summed E-state index contributed by atoms with van der Waals surface area (Å²) in [7, 11) is 0. The fraction of sp³-hybridized carbons (Fsp3) is 0.273. The minimum atomic E-state index is -0.350. The molecule has 3 aromatic heterocycles. The summed E-state index contributed by atoms with van der Waals surface area (Å²) in [6.07, 6.45) is 6.78. The van der Waals surface area contributed by atoms with Gasteiger partial charge in [-0.3, -0.25) is 9.78 Å². The van der Waals surface area contributed by atoms with Gasteiger partial charge in [0.25, 0.3) is 11.6 Å². The fourth-order valence-electron chi connectivity index (χ4n) is 3.95. The number of rotatable bonds is 4. The maximum absolute atomic E-state index is 13.3. The first-order chi connectivity index (χ1) is 14.7. The van der Waals surface area contributed by atoms with Gasteiger partial charge in [-0.2, -0.15) is 10.1 Å². The van der Waals surface area contributed by atoms with Crippen molar-refractivity contribution >= 4 is 17.1 Å². The van der Waals surface area contributed by atoms with Crippen LogP contribution in [0.3, 0.4) is 0 Å². The first-order valence-corrected chi connectivity index (χ1v) is 9.98. The second-order valence-electron chi connectivity index (χ2n) is 7.52. The van der Waals surface area contributed by atoms with E-state index in [0.29, 0.717) is 17.1 Å². The highest BCUT2D eigenvalue weighted by molar-refractivity contribution is 5.74. The van der Waals surface area contributed by atoms with E-state index in [1.807, 2.05) is 12.1 Å². The number of hydrogen-bond acceptors (Lipinski definition) is 6. The predicted molar refractivity (Wildman–Crippen MR) is 111 cm³/mol. The Morgan fingerprint density at radius 3 is 2.77 bits per heavy atom. The Bertz CT molecular complexity index is 1230. The molecular weight excluding hydrogens is 385 g/mol. The number of hydrogen-bond donors (Lipinski definition) is 1. The number of pyridine rings is 1. The van der Waals surface area contributed by atoms with Crippen LogP contribution in [0.5, 0.6) is 0 Å². The maximum Gasteiger partial charge on any atom is 0.295 e. The molecule has 4 aromatic rings. The molecule has 1 aromatic carbocycles. The normalized spacial score (nSPS) is 19.1. The van der Waals surface area contributed by atoms with Crippen LogP contribution in [-0.4, -0.2) is 25.8 Å². The summed E-state index contributed by atoms with van der Waals surface area (Å²) in [5.74, 6) is -0.350. The highest BCUT2D eigenvalue weighted by Crippen LogP contribution is 2.30. The third-order valence-electron chi connectivity index (χ3n) is 5.50. The van der Waals surface area contributed by atoms with Crippen LogP contribution < -0.4 is 10.9 Å². The van der Waals surface area contributed by atoms with Gasteiger partial charge in [0.2, 0.25) is 0 Å². The van der Waals surface area contributed by atoms with Crippen molar-refractivity contribution in [1.82, 2.24) is 19.7 Å². The Morgan fingerprint density at radius 2 is 1.97 bits per heavy atom. The van der Waals surface area contributed by atoms with Crippen molar-refractivity contribution in [2.45, 2.75) is 37.8 Å². The minimum Gasteiger partial charge on any atom is -0.423 e. The van der Waals surface area contributed by atoms with Gasteiger partial charge in [-0.25, -0.2) is 9.07 Å². The van der Waals surface area contributed by atoms with E-state index in [4.69, 9.17) is 4.42 Å². The Morgan fingerprint density at radius 1 is 1.10 bits per heavy atom. The zero-order valence-corrected chi connectivity index (χ0v) is 16.2. The van der Waals surface area contributed by atoms with E-state index in [1.54, 1.807) is 35.3 Å². The van der Waals surface area contributed by atoms with E-state index < -0.39 is 0 Å². The number of halogens is 1. The number of oxazole rings is 1. The summed E-state index contributed by atoms with van der Waals surface area (Å²) >= 11 is 0.